The molecule has 3 rings (SSSR count). The average molecular weight is 431 g/mol. The molecule has 2 aliphatic heterocycles. The molecule has 9 heteroatoms. The summed E-state index contributed by atoms with van der Waals surface area (Å²) in [7, 11) is 0. The standard InChI is InChI=1S/C19H21F3N2O2S2/c1-11-6-12(2)10-23(9-11)18(27)28-15-8-16(25)24(17(15)26)14-5-3-4-13(7-14)19(20,21)22/h3-5,7,11-12,15H,6,8-10H2,1-2H3/t11-,12-,15+/m1/s1. The zero-order chi connectivity index (χ0) is 20.6. The number of alkyl halides is 3. The SMILES string of the molecule is C[C@@H]1C[C@@H](C)CN(C(=S)S[C@H]2CC(=O)N(c3cccc(C(F)(F)F)c3)C2=O)C1. The van der Waals surface area contributed by atoms with E-state index in [4.69, 9.17) is 12.2 Å². The summed E-state index contributed by atoms with van der Waals surface area (Å²) in [6.45, 7) is 5.91. The van der Waals surface area contributed by atoms with Gasteiger partial charge in [-0.15, -0.1) is 0 Å². The van der Waals surface area contributed by atoms with E-state index in [1.54, 1.807) is 0 Å². The van der Waals surface area contributed by atoms with Crippen molar-refractivity contribution in [2.45, 2.75) is 38.1 Å². The van der Waals surface area contributed by atoms with E-state index < -0.39 is 28.8 Å². The third-order valence-electron chi connectivity index (χ3n) is 4.91. The van der Waals surface area contributed by atoms with E-state index in [1.807, 2.05) is 0 Å². The Kier molecular flexibility index (Phi) is 6.05. The van der Waals surface area contributed by atoms with E-state index in [0.717, 1.165) is 48.3 Å². The molecule has 1 aromatic carbocycles. The van der Waals surface area contributed by atoms with Gasteiger partial charge in [0.1, 0.15) is 9.57 Å². The van der Waals surface area contributed by atoms with Crippen LogP contribution in [0.5, 0.6) is 0 Å². The van der Waals surface area contributed by atoms with Crippen LogP contribution in [0.15, 0.2) is 24.3 Å². The Morgan fingerprint density at radius 3 is 2.43 bits per heavy atom. The lowest BCUT2D eigenvalue weighted by Crippen LogP contribution is -2.41. The molecule has 28 heavy (non-hydrogen) atoms. The van der Waals surface area contributed by atoms with Crippen molar-refractivity contribution < 1.29 is 22.8 Å². The first-order chi connectivity index (χ1) is 13.1. The predicted molar refractivity (Wildman–Crippen MR) is 107 cm³/mol. The highest BCUT2D eigenvalue weighted by molar-refractivity contribution is 8.23. The van der Waals surface area contributed by atoms with Crippen LogP contribution in [0.2, 0.25) is 0 Å². The monoisotopic (exact) mass is 430 g/mol. The highest BCUT2D eigenvalue weighted by Crippen LogP contribution is 2.36. The number of piperidine rings is 1. The zero-order valence-electron chi connectivity index (χ0n) is 15.5. The topological polar surface area (TPSA) is 40.6 Å². The lowest BCUT2D eigenvalue weighted by molar-refractivity contribution is -0.137. The summed E-state index contributed by atoms with van der Waals surface area (Å²) in [4.78, 5) is 28.0. The number of thioether (sulfide) groups is 1. The third kappa shape index (κ3) is 4.51. The van der Waals surface area contributed by atoms with Crippen molar-refractivity contribution in [1.82, 2.24) is 4.90 Å². The number of amides is 2. The van der Waals surface area contributed by atoms with Crippen LogP contribution < -0.4 is 4.90 Å². The Labute approximate surface area is 171 Å². The number of likely N-dealkylation sites (tertiary alicyclic amines) is 1. The lowest BCUT2D eigenvalue weighted by Gasteiger charge is -2.36. The predicted octanol–water partition coefficient (Wildman–Crippen LogP) is 4.33. The van der Waals surface area contributed by atoms with Gasteiger partial charge in [-0.25, -0.2) is 4.90 Å². The third-order valence-corrected chi connectivity index (χ3v) is 6.57. The lowest BCUT2D eigenvalue weighted by atomic mass is 9.92. The average Bonchev–Trinajstić information content (AvgIpc) is 2.87. The molecule has 3 atom stereocenters. The molecule has 0 spiro atoms. The van der Waals surface area contributed by atoms with Gasteiger partial charge in [-0.1, -0.05) is 43.9 Å². The summed E-state index contributed by atoms with van der Waals surface area (Å²) in [6.07, 6.45) is -3.49. The molecule has 4 nitrogen and oxygen atoms in total. The quantitative estimate of drug-likeness (QED) is 0.516. The van der Waals surface area contributed by atoms with Crippen LogP contribution >= 0.6 is 24.0 Å². The van der Waals surface area contributed by atoms with Crippen molar-refractivity contribution in [3.05, 3.63) is 29.8 Å². The summed E-state index contributed by atoms with van der Waals surface area (Å²) in [5.74, 6) is -0.0468. The molecule has 2 saturated heterocycles. The molecule has 1 aromatic rings. The minimum Gasteiger partial charge on any atom is -0.357 e. The molecule has 0 N–H and O–H groups in total. The maximum Gasteiger partial charge on any atom is 0.416 e. The van der Waals surface area contributed by atoms with E-state index in [-0.39, 0.29) is 12.1 Å². The van der Waals surface area contributed by atoms with Gasteiger partial charge in [0.25, 0.3) is 0 Å². The number of carbonyl (C=O) groups is 2. The maximum absolute atomic E-state index is 13.0. The Hall–Kier alpha value is -1.61. The molecule has 0 aromatic heterocycles. The van der Waals surface area contributed by atoms with Gasteiger partial charge in [0.05, 0.1) is 11.3 Å². The summed E-state index contributed by atoms with van der Waals surface area (Å²) in [5.41, 5.74) is -0.951. The first-order valence-corrected chi connectivity index (χ1v) is 10.3. The molecular weight excluding hydrogens is 409 g/mol. The van der Waals surface area contributed by atoms with Gasteiger partial charge in [-0.05, 0) is 36.5 Å². The second-order valence-corrected chi connectivity index (χ2v) is 9.38. The van der Waals surface area contributed by atoms with Gasteiger partial charge in [0, 0.05) is 19.5 Å². The Morgan fingerprint density at radius 1 is 1.18 bits per heavy atom. The van der Waals surface area contributed by atoms with Crippen molar-refractivity contribution in [2.24, 2.45) is 11.8 Å². The first kappa shape index (κ1) is 21.1. The van der Waals surface area contributed by atoms with E-state index in [1.165, 1.54) is 12.1 Å². The second-order valence-electron chi connectivity index (χ2n) is 7.54. The van der Waals surface area contributed by atoms with Gasteiger partial charge in [0.2, 0.25) is 11.8 Å². The molecule has 2 fully saturated rings. The van der Waals surface area contributed by atoms with Crippen molar-refractivity contribution in [3.8, 4) is 0 Å². The molecule has 2 aliphatic rings. The van der Waals surface area contributed by atoms with Crippen molar-refractivity contribution in [2.75, 3.05) is 18.0 Å². The minimum absolute atomic E-state index is 0.0564. The highest BCUT2D eigenvalue weighted by atomic mass is 32.2. The van der Waals surface area contributed by atoms with E-state index in [0.29, 0.717) is 16.2 Å². The summed E-state index contributed by atoms with van der Waals surface area (Å²) < 4.78 is 39.4. The van der Waals surface area contributed by atoms with Gasteiger partial charge < -0.3 is 4.90 Å². The number of rotatable bonds is 2. The number of anilines is 1. The van der Waals surface area contributed by atoms with Crippen molar-refractivity contribution >= 4 is 45.8 Å². The number of imide groups is 1. The minimum atomic E-state index is -4.54. The Morgan fingerprint density at radius 2 is 1.82 bits per heavy atom. The summed E-state index contributed by atoms with van der Waals surface area (Å²) in [5, 5.41) is -0.706. The number of halogens is 3. The van der Waals surface area contributed by atoms with E-state index in [9.17, 15) is 22.8 Å². The molecule has 0 aliphatic carbocycles. The van der Waals surface area contributed by atoms with E-state index in [2.05, 4.69) is 18.7 Å². The van der Waals surface area contributed by atoms with Crippen LogP contribution in [-0.2, 0) is 15.8 Å². The Balaban J connectivity index is 1.73. The van der Waals surface area contributed by atoms with Crippen LogP contribution in [0.1, 0.15) is 32.3 Å². The van der Waals surface area contributed by atoms with Gasteiger partial charge in [0.15, 0.2) is 0 Å². The van der Waals surface area contributed by atoms with Crippen LogP contribution in [0.4, 0.5) is 18.9 Å². The molecule has 152 valence electrons. The van der Waals surface area contributed by atoms with Gasteiger partial charge in [-0.3, -0.25) is 9.59 Å². The molecule has 0 radical (unpaired) electrons. The highest BCUT2D eigenvalue weighted by Gasteiger charge is 2.42. The molecule has 2 heterocycles. The number of nitrogens with zero attached hydrogens (tertiary/aromatic N) is 2. The number of carbonyl (C=O) groups excluding carboxylic acids is 2. The molecule has 2 amide bonds. The number of benzene rings is 1. The fraction of sp³-hybridized carbons (Fsp3) is 0.526. The van der Waals surface area contributed by atoms with Crippen molar-refractivity contribution in [3.63, 3.8) is 0 Å². The number of hydrogen-bond donors (Lipinski definition) is 0. The smallest absolute Gasteiger partial charge is 0.357 e. The number of hydrogen-bond acceptors (Lipinski definition) is 4. The summed E-state index contributed by atoms with van der Waals surface area (Å²) in [6, 6.07) is 4.27. The normalized spacial score (nSPS) is 26.1. The maximum atomic E-state index is 13.0. The largest absolute Gasteiger partial charge is 0.416 e. The van der Waals surface area contributed by atoms with Crippen LogP contribution in [-0.4, -0.2) is 39.4 Å². The first-order valence-electron chi connectivity index (χ1n) is 9.06. The van der Waals surface area contributed by atoms with Gasteiger partial charge >= 0.3 is 6.18 Å². The van der Waals surface area contributed by atoms with E-state index >= 15 is 0 Å². The Bertz CT molecular complexity index is 790. The second kappa shape index (κ2) is 8.02. The van der Waals surface area contributed by atoms with Gasteiger partial charge in [-0.2, -0.15) is 13.2 Å². The van der Waals surface area contributed by atoms with Crippen LogP contribution in [0, 0.1) is 11.8 Å². The number of thiocarbonyl (C=S) groups is 1. The molecular formula is C19H21F3N2O2S2. The van der Waals surface area contributed by atoms with Crippen LogP contribution in [0.25, 0.3) is 0 Å². The molecule has 0 saturated carbocycles. The molecule has 0 unspecified atom stereocenters. The summed E-state index contributed by atoms with van der Waals surface area (Å²) >= 11 is 6.65. The molecule has 0 bridgehead atoms. The van der Waals surface area contributed by atoms with Crippen molar-refractivity contribution in [1.29, 1.82) is 0 Å². The van der Waals surface area contributed by atoms with Crippen LogP contribution in [0.3, 0.4) is 0 Å². The fourth-order valence-electron chi connectivity index (χ4n) is 3.80. The zero-order valence-corrected chi connectivity index (χ0v) is 17.2. The fourth-order valence-corrected chi connectivity index (χ4v) is 5.27.